The smallest absolute Gasteiger partial charge is 0.262 e. The first kappa shape index (κ1) is 14.5. The Morgan fingerprint density at radius 3 is 2.55 bits per heavy atom. The van der Waals surface area contributed by atoms with Crippen LogP contribution in [0.3, 0.4) is 0 Å². The quantitative estimate of drug-likeness (QED) is 0.919. The fourth-order valence-corrected chi connectivity index (χ4v) is 1.72. The highest BCUT2D eigenvalue weighted by molar-refractivity contribution is 9.10. The molecule has 1 amide bonds. The van der Waals surface area contributed by atoms with Crippen LogP contribution in [0.1, 0.15) is 0 Å². The number of halogens is 3. The van der Waals surface area contributed by atoms with Crippen LogP contribution in [0.25, 0.3) is 0 Å². The first-order valence-corrected chi connectivity index (χ1v) is 6.47. The molecule has 1 N–H and O–H groups in total. The van der Waals surface area contributed by atoms with Gasteiger partial charge in [-0.3, -0.25) is 4.79 Å². The van der Waals surface area contributed by atoms with Gasteiger partial charge in [-0.25, -0.2) is 8.78 Å². The third-order valence-electron chi connectivity index (χ3n) is 2.39. The number of hydrogen-bond acceptors (Lipinski definition) is 2. The predicted molar refractivity (Wildman–Crippen MR) is 74.6 cm³/mol. The van der Waals surface area contributed by atoms with E-state index in [2.05, 4.69) is 21.2 Å². The second-order valence-corrected chi connectivity index (χ2v) is 4.83. The van der Waals surface area contributed by atoms with Crippen LogP contribution >= 0.6 is 15.9 Å². The van der Waals surface area contributed by atoms with E-state index in [9.17, 15) is 13.6 Å². The molecule has 0 aliphatic carbocycles. The average Bonchev–Trinajstić information content (AvgIpc) is 2.42. The molecule has 0 aliphatic rings. The van der Waals surface area contributed by atoms with Crippen molar-refractivity contribution in [3.8, 4) is 5.75 Å². The number of carbonyl (C=O) groups is 1. The summed E-state index contributed by atoms with van der Waals surface area (Å²) >= 11 is 3.27. The summed E-state index contributed by atoms with van der Waals surface area (Å²) in [6, 6.07) is 9.72. The molecule has 20 heavy (non-hydrogen) atoms. The van der Waals surface area contributed by atoms with Crippen molar-refractivity contribution in [1.29, 1.82) is 0 Å². The van der Waals surface area contributed by atoms with Crippen molar-refractivity contribution < 1.29 is 18.3 Å². The summed E-state index contributed by atoms with van der Waals surface area (Å²) in [5.74, 6) is -1.40. The highest BCUT2D eigenvalue weighted by atomic mass is 79.9. The molecule has 0 spiro atoms. The fraction of sp³-hybridized carbons (Fsp3) is 0.0714. The zero-order chi connectivity index (χ0) is 14.5. The van der Waals surface area contributed by atoms with Crippen LogP contribution in [0.5, 0.6) is 5.75 Å². The monoisotopic (exact) mass is 341 g/mol. The van der Waals surface area contributed by atoms with Crippen LogP contribution in [0.2, 0.25) is 0 Å². The molecule has 0 saturated carbocycles. The number of benzene rings is 2. The molecule has 0 radical (unpaired) electrons. The molecule has 0 aromatic heterocycles. The Hall–Kier alpha value is -1.95. The summed E-state index contributed by atoms with van der Waals surface area (Å²) in [7, 11) is 0. The van der Waals surface area contributed by atoms with Gasteiger partial charge in [-0.1, -0.05) is 15.9 Å². The van der Waals surface area contributed by atoms with Crippen LogP contribution in [-0.4, -0.2) is 12.5 Å². The molecule has 0 fully saturated rings. The topological polar surface area (TPSA) is 38.3 Å². The predicted octanol–water partition coefficient (Wildman–Crippen LogP) is 3.74. The van der Waals surface area contributed by atoms with E-state index < -0.39 is 17.5 Å². The van der Waals surface area contributed by atoms with Crippen molar-refractivity contribution in [2.45, 2.75) is 0 Å². The Morgan fingerprint density at radius 1 is 1.15 bits per heavy atom. The highest BCUT2D eigenvalue weighted by Crippen LogP contribution is 2.17. The first-order valence-electron chi connectivity index (χ1n) is 5.68. The Morgan fingerprint density at radius 2 is 1.85 bits per heavy atom. The van der Waals surface area contributed by atoms with Gasteiger partial charge in [0, 0.05) is 10.5 Å². The number of hydrogen-bond donors (Lipinski definition) is 1. The molecular formula is C14H10BrF2NO2. The molecule has 0 bridgehead atoms. The van der Waals surface area contributed by atoms with Gasteiger partial charge in [0.05, 0.1) is 5.69 Å². The van der Waals surface area contributed by atoms with E-state index in [0.717, 1.165) is 22.7 Å². The van der Waals surface area contributed by atoms with Crippen LogP contribution in [0.4, 0.5) is 14.5 Å². The third-order valence-corrected chi connectivity index (χ3v) is 2.91. The average molecular weight is 342 g/mol. The minimum absolute atomic E-state index is 0.214. The van der Waals surface area contributed by atoms with Gasteiger partial charge in [0.15, 0.2) is 6.61 Å². The molecule has 104 valence electrons. The molecule has 0 aliphatic heterocycles. The SMILES string of the molecule is O=C(COc1ccc(Br)cc1)Nc1cc(F)ccc1F. The Labute approximate surface area is 122 Å². The summed E-state index contributed by atoms with van der Waals surface area (Å²) in [6.45, 7) is -0.294. The standard InChI is InChI=1S/C14H10BrF2NO2/c15-9-1-4-11(5-2-9)20-8-14(19)18-13-7-10(16)3-6-12(13)17/h1-7H,8H2,(H,18,19). The van der Waals surface area contributed by atoms with E-state index in [1.54, 1.807) is 24.3 Å². The zero-order valence-corrected chi connectivity index (χ0v) is 11.8. The number of anilines is 1. The maximum atomic E-state index is 13.3. The van der Waals surface area contributed by atoms with Crippen LogP contribution in [-0.2, 0) is 4.79 Å². The number of ether oxygens (including phenoxy) is 1. The summed E-state index contributed by atoms with van der Waals surface area (Å²) in [6.07, 6.45) is 0. The minimum Gasteiger partial charge on any atom is -0.484 e. The lowest BCUT2D eigenvalue weighted by Gasteiger charge is -2.08. The molecule has 2 rings (SSSR count). The fourth-order valence-electron chi connectivity index (χ4n) is 1.46. The van der Waals surface area contributed by atoms with E-state index in [0.29, 0.717) is 5.75 Å². The van der Waals surface area contributed by atoms with Gasteiger partial charge < -0.3 is 10.1 Å². The second-order valence-electron chi connectivity index (χ2n) is 3.91. The van der Waals surface area contributed by atoms with Crippen molar-refractivity contribution in [2.75, 3.05) is 11.9 Å². The van der Waals surface area contributed by atoms with Gasteiger partial charge in [0.2, 0.25) is 0 Å². The number of rotatable bonds is 4. The van der Waals surface area contributed by atoms with Gasteiger partial charge in [0.1, 0.15) is 17.4 Å². The summed E-state index contributed by atoms with van der Waals surface area (Å²) in [4.78, 5) is 11.6. The third kappa shape index (κ3) is 4.03. The van der Waals surface area contributed by atoms with Crippen molar-refractivity contribution in [3.05, 3.63) is 58.6 Å². The Kier molecular flexibility index (Phi) is 4.68. The molecule has 0 unspecified atom stereocenters. The zero-order valence-electron chi connectivity index (χ0n) is 10.2. The van der Waals surface area contributed by atoms with Crippen molar-refractivity contribution >= 4 is 27.5 Å². The van der Waals surface area contributed by atoms with Crippen molar-refractivity contribution in [2.24, 2.45) is 0 Å². The van der Waals surface area contributed by atoms with Crippen molar-refractivity contribution in [1.82, 2.24) is 0 Å². The molecular weight excluding hydrogens is 332 g/mol. The van der Waals surface area contributed by atoms with E-state index in [1.807, 2.05) is 0 Å². The lowest BCUT2D eigenvalue weighted by atomic mass is 10.3. The Balaban J connectivity index is 1.92. The van der Waals surface area contributed by atoms with E-state index in [1.165, 1.54) is 0 Å². The molecule has 0 atom stereocenters. The van der Waals surface area contributed by atoms with E-state index in [4.69, 9.17) is 4.74 Å². The highest BCUT2D eigenvalue weighted by Gasteiger charge is 2.08. The summed E-state index contributed by atoms with van der Waals surface area (Å²) < 4.78 is 32.3. The normalized spacial score (nSPS) is 10.2. The minimum atomic E-state index is -0.705. The van der Waals surface area contributed by atoms with Crippen LogP contribution < -0.4 is 10.1 Å². The largest absolute Gasteiger partial charge is 0.484 e. The van der Waals surface area contributed by atoms with E-state index in [-0.39, 0.29) is 12.3 Å². The Bertz CT molecular complexity index is 617. The number of nitrogens with one attached hydrogen (secondary N) is 1. The van der Waals surface area contributed by atoms with Gasteiger partial charge >= 0.3 is 0 Å². The van der Waals surface area contributed by atoms with Crippen LogP contribution in [0, 0.1) is 11.6 Å². The van der Waals surface area contributed by atoms with E-state index >= 15 is 0 Å². The molecule has 0 saturated heterocycles. The maximum Gasteiger partial charge on any atom is 0.262 e. The maximum absolute atomic E-state index is 13.3. The number of carbonyl (C=O) groups excluding carboxylic acids is 1. The molecule has 3 nitrogen and oxygen atoms in total. The molecule has 2 aromatic rings. The van der Waals surface area contributed by atoms with Gasteiger partial charge in [-0.05, 0) is 36.4 Å². The molecule has 2 aromatic carbocycles. The summed E-state index contributed by atoms with van der Waals surface area (Å²) in [5, 5.41) is 2.24. The number of amides is 1. The second kappa shape index (κ2) is 6.47. The van der Waals surface area contributed by atoms with Gasteiger partial charge in [-0.2, -0.15) is 0 Å². The summed E-state index contributed by atoms with van der Waals surface area (Å²) in [5.41, 5.74) is -0.214. The lowest BCUT2D eigenvalue weighted by molar-refractivity contribution is -0.118. The molecule has 0 heterocycles. The van der Waals surface area contributed by atoms with Gasteiger partial charge in [-0.15, -0.1) is 0 Å². The van der Waals surface area contributed by atoms with Gasteiger partial charge in [0.25, 0.3) is 5.91 Å². The molecule has 6 heteroatoms. The first-order chi connectivity index (χ1) is 9.54. The van der Waals surface area contributed by atoms with Crippen molar-refractivity contribution in [3.63, 3.8) is 0 Å². The lowest BCUT2D eigenvalue weighted by Crippen LogP contribution is -2.20. The van der Waals surface area contributed by atoms with Crippen LogP contribution in [0.15, 0.2) is 46.9 Å².